The summed E-state index contributed by atoms with van der Waals surface area (Å²) in [5, 5.41) is 4.89. The molecular formula is C19H26N2O6S. The summed E-state index contributed by atoms with van der Waals surface area (Å²) < 4.78 is 29.1. The van der Waals surface area contributed by atoms with Gasteiger partial charge in [0.1, 0.15) is 0 Å². The molecule has 1 aliphatic rings. The second-order valence-electron chi connectivity index (χ2n) is 6.87. The molecule has 1 aromatic carbocycles. The second kappa shape index (κ2) is 9.68. The van der Waals surface area contributed by atoms with E-state index >= 15 is 0 Å². The summed E-state index contributed by atoms with van der Waals surface area (Å²) in [6.45, 7) is 2.83. The largest absolute Gasteiger partial charge is 0.452 e. The average molecular weight is 410 g/mol. The van der Waals surface area contributed by atoms with Crippen LogP contribution in [0.25, 0.3) is 0 Å². The smallest absolute Gasteiger partial charge is 0.339 e. The van der Waals surface area contributed by atoms with Crippen LogP contribution < -0.4 is 10.6 Å². The van der Waals surface area contributed by atoms with E-state index in [-0.39, 0.29) is 22.3 Å². The molecule has 1 fully saturated rings. The van der Waals surface area contributed by atoms with E-state index in [2.05, 4.69) is 17.6 Å². The normalized spacial score (nSPS) is 19.5. The molecule has 1 saturated carbocycles. The number of carbonyl (C=O) groups excluding carboxylic acids is 3. The van der Waals surface area contributed by atoms with E-state index in [4.69, 9.17) is 4.74 Å². The first-order chi connectivity index (χ1) is 13.2. The molecule has 154 valence electrons. The van der Waals surface area contributed by atoms with Gasteiger partial charge in [-0.05, 0) is 30.9 Å². The molecule has 2 rings (SSSR count). The zero-order chi connectivity index (χ0) is 20.7. The standard InChI is InChI=1S/C19H26N2O6S/c1-3-28(25,26)16-11-7-5-9-14(16)18(23)27-12-17(22)21-19(24)20-15-10-6-4-8-13(15)2/h5,7,9,11,13,15H,3-4,6,8,10,12H2,1-2H3,(H2,20,21,22,24)/t13-,15+/m0/s1. The quantitative estimate of drug-likeness (QED) is 0.693. The number of urea groups is 1. The van der Waals surface area contributed by atoms with Crippen molar-refractivity contribution in [3.8, 4) is 0 Å². The predicted molar refractivity (Wildman–Crippen MR) is 103 cm³/mol. The molecule has 2 atom stereocenters. The molecular weight excluding hydrogens is 384 g/mol. The number of benzene rings is 1. The number of carbonyl (C=O) groups is 3. The molecule has 28 heavy (non-hydrogen) atoms. The summed E-state index contributed by atoms with van der Waals surface area (Å²) in [4.78, 5) is 35.9. The van der Waals surface area contributed by atoms with Gasteiger partial charge in [0.25, 0.3) is 5.91 Å². The van der Waals surface area contributed by atoms with Crippen LogP contribution in [0.15, 0.2) is 29.2 Å². The van der Waals surface area contributed by atoms with E-state index in [9.17, 15) is 22.8 Å². The summed E-state index contributed by atoms with van der Waals surface area (Å²) in [6.07, 6.45) is 4.04. The van der Waals surface area contributed by atoms with E-state index < -0.39 is 34.4 Å². The fraction of sp³-hybridized carbons (Fsp3) is 0.526. The lowest BCUT2D eigenvalue weighted by molar-refractivity contribution is -0.123. The third-order valence-corrected chi connectivity index (χ3v) is 6.62. The Hall–Kier alpha value is -2.42. The Morgan fingerprint density at radius 1 is 1.14 bits per heavy atom. The highest BCUT2D eigenvalue weighted by Gasteiger charge is 2.24. The van der Waals surface area contributed by atoms with Crippen molar-refractivity contribution >= 4 is 27.7 Å². The Balaban J connectivity index is 1.89. The summed E-state index contributed by atoms with van der Waals surface area (Å²) >= 11 is 0. The molecule has 3 amide bonds. The summed E-state index contributed by atoms with van der Waals surface area (Å²) in [5.74, 6) is -1.56. The van der Waals surface area contributed by atoms with Crippen LogP contribution in [0.2, 0.25) is 0 Å². The molecule has 0 radical (unpaired) electrons. The summed E-state index contributed by atoms with van der Waals surface area (Å²) in [7, 11) is -3.62. The molecule has 0 saturated heterocycles. The molecule has 2 N–H and O–H groups in total. The van der Waals surface area contributed by atoms with Gasteiger partial charge in [0.05, 0.1) is 16.2 Å². The van der Waals surface area contributed by atoms with Crippen molar-refractivity contribution in [2.24, 2.45) is 5.92 Å². The Labute approximate surface area is 164 Å². The van der Waals surface area contributed by atoms with Crippen molar-refractivity contribution in [2.75, 3.05) is 12.4 Å². The van der Waals surface area contributed by atoms with Gasteiger partial charge in [-0.3, -0.25) is 10.1 Å². The van der Waals surface area contributed by atoms with Crippen molar-refractivity contribution in [3.05, 3.63) is 29.8 Å². The fourth-order valence-corrected chi connectivity index (χ4v) is 4.25. The predicted octanol–water partition coefficient (Wildman–Crippen LogP) is 2.04. The van der Waals surface area contributed by atoms with Crippen molar-refractivity contribution in [1.29, 1.82) is 0 Å². The third-order valence-electron chi connectivity index (χ3n) is 4.84. The first-order valence-corrected chi connectivity index (χ1v) is 11.0. The molecule has 0 heterocycles. The SMILES string of the molecule is CCS(=O)(=O)c1ccccc1C(=O)OCC(=O)NC(=O)N[C@@H]1CCCC[C@@H]1C. The molecule has 1 aromatic rings. The molecule has 0 spiro atoms. The number of rotatable bonds is 6. The van der Waals surface area contributed by atoms with Crippen LogP contribution in [0.3, 0.4) is 0 Å². The number of amides is 3. The van der Waals surface area contributed by atoms with Crippen LogP contribution in [0.1, 0.15) is 49.9 Å². The maximum atomic E-state index is 12.2. The number of esters is 1. The second-order valence-corrected chi connectivity index (χ2v) is 9.11. The number of nitrogens with one attached hydrogen (secondary N) is 2. The fourth-order valence-electron chi connectivity index (χ4n) is 3.17. The zero-order valence-electron chi connectivity index (χ0n) is 16.1. The van der Waals surface area contributed by atoms with E-state index in [0.717, 1.165) is 25.7 Å². The van der Waals surface area contributed by atoms with Gasteiger partial charge in [-0.1, -0.05) is 38.8 Å². The molecule has 1 aliphatic carbocycles. The minimum Gasteiger partial charge on any atom is -0.452 e. The van der Waals surface area contributed by atoms with Gasteiger partial charge in [-0.15, -0.1) is 0 Å². The molecule has 0 aliphatic heterocycles. The van der Waals surface area contributed by atoms with Crippen molar-refractivity contribution in [2.45, 2.75) is 50.5 Å². The van der Waals surface area contributed by atoms with Crippen molar-refractivity contribution < 1.29 is 27.5 Å². The summed E-state index contributed by atoms with van der Waals surface area (Å²) in [6, 6.07) is 5.02. The molecule has 0 unspecified atom stereocenters. The number of sulfone groups is 1. The lowest BCUT2D eigenvalue weighted by Gasteiger charge is -2.29. The van der Waals surface area contributed by atoms with Gasteiger partial charge in [0, 0.05) is 6.04 Å². The number of ether oxygens (including phenoxy) is 1. The maximum absolute atomic E-state index is 12.2. The molecule has 0 bridgehead atoms. The first-order valence-electron chi connectivity index (χ1n) is 9.34. The van der Waals surface area contributed by atoms with Gasteiger partial charge in [-0.25, -0.2) is 18.0 Å². The van der Waals surface area contributed by atoms with Gasteiger partial charge < -0.3 is 10.1 Å². The van der Waals surface area contributed by atoms with Gasteiger partial charge in [0.15, 0.2) is 16.4 Å². The van der Waals surface area contributed by atoms with Crippen LogP contribution in [-0.2, 0) is 19.4 Å². The lowest BCUT2D eigenvalue weighted by atomic mass is 9.86. The van der Waals surface area contributed by atoms with E-state index in [1.807, 2.05) is 0 Å². The van der Waals surface area contributed by atoms with Crippen LogP contribution in [-0.4, -0.2) is 44.7 Å². The van der Waals surface area contributed by atoms with Crippen LogP contribution in [0.5, 0.6) is 0 Å². The molecule has 8 nitrogen and oxygen atoms in total. The van der Waals surface area contributed by atoms with Crippen LogP contribution in [0, 0.1) is 5.92 Å². The van der Waals surface area contributed by atoms with E-state index in [1.54, 1.807) is 0 Å². The zero-order valence-corrected chi connectivity index (χ0v) is 16.9. The van der Waals surface area contributed by atoms with E-state index in [1.165, 1.54) is 31.2 Å². The Bertz CT molecular complexity index is 837. The van der Waals surface area contributed by atoms with E-state index in [0.29, 0.717) is 5.92 Å². The topological polar surface area (TPSA) is 119 Å². The third kappa shape index (κ3) is 5.79. The average Bonchev–Trinajstić information content (AvgIpc) is 2.68. The Kier molecular flexibility index (Phi) is 7.56. The lowest BCUT2D eigenvalue weighted by Crippen LogP contribution is -2.48. The minimum atomic E-state index is -3.62. The van der Waals surface area contributed by atoms with Crippen molar-refractivity contribution in [3.63, 3.8) is 0 Å². The first kappa shape index (κ1) is 21.9. The molecule has 0 aromatic heterocycles. The number of hydrogen-bond donors (Lipinski definition) is 2. The maximum Gasteiger partial charge on any atom is 0.339 e. The van der Waals surface area contributed by atoms with Gasteiger partial charge in [-0.2, -0.15) is 0 Å². The molecule has 9 heteroatoms. The van der Waals surface area contributed by atoms with Crippen molar-refractivity contribution in [1.82, 2.24) is 10.6 Å². The monoisotopic (exact) mass is 410 g/mol. The Morgan fingerprint density at radius 2 is 1.82 bits per heavy atom. The van der Waals surface area contributed by atoms with Gasteiger partial charge in [0.2, 0.25) is 0 Å². The highest BCUT2D eigenvalue weighted by atomic mass is 32.2. The van der Waals surface area contributed by atoms with Crippen LogP contribution in [0.4, 0.5) is 4.79 Å². The Morgan fingerprint density at radius 3 is 2.50 bits per heavy atom. The highest BCUT2D eigenvalue weighted by molar-refractivity contribution is 7.91. The summed E-state index contributed by atoms with van der Waals surface area (Å²) in [5.41, 5.74) is -0.141. The highest BCUT2D eigenvalue weighted by Crippen LogP contribution is 2.23. The van der Waals surface area contributed by atoms with Gasteiger partial charge >= 0.3 is 12.0 Å². The minimum absolute atomic E-state index is 0.00947. The van der Waals surface area contributed by atoms with Crippen LogP contribution >= 0.6 is 0 Å². The number of hydrogen-bond acceptors (Lipinski definition) is 6. The number of imide groups is 1.